The Labute approximate surface area is 153 Å². The molecular weight excluding hydrogens is 328 g/mol. The number of hydrogen-bond donors (Lipinski definition) is 2. The van der Waals surface area contributed by atoms with Crippen LogP contribution in [0.1, 0.15) is 38.6 Å². The Morgan fingerprint density at radius 2 is 1.96 bits per heavy atom. The Morgan fingerprint density at radius 1 is 1.15 bits per heavy atom. The molecule has 26 heavy (non-hydrogen) atoms. The molecule has 1 atom stereocenters. The van der Waals surface area contributed by atoms with Gasteiger partial charge in [0.1, 0.15) is 17.7 Å². The van der Waals surface area contributed by atoms with Gasteiger partial charge in [0.15, 0.2) is 11.5 Å². The molecule has 3 aromatic rings. The number of nitrogens with zero attached hydrogens (tertiary/aromatic N) is 6. The van der Waals surface area contributed by atoms with Gasteiger partial charge in [0, 0.05) is 38.6 Å². The molecule has 0 radical (unpaired) electrons. The van der Waals surface area contributed by atoms with Crippen LogP contribution < -0.4 is 10.2 Å². The molecule has 8 heteroatoms. The highest BCUT2D eigenvalue weighted by Crippen LogP contribution is 2.26. The lowest BCUT2D eigenvalue weighted by atomic mass is 9.98. The number of hydrogen-bond acceptors (Lipinski definition) is 6. The number of anilines is 1. The lowest BCUT2D eigenvalue weighted by Gasteiger charge is -2.36. The summed E-state index contributed by atoms with van der Waals surface area (Å²) in [4.78, 5) is 23.0. The van der Waals surface area contributed by atoms with Gasteiger partial charge in [0.05, 0.1) is 12.4 Å². The largest absolute Gasteiger partial charge is 0.355 e. The SMILES string of the molecule is CC(C)C(NC1CCN(c2ncnc3nc[nH]c23)CC1)c1nccn1C. The minimum atomic E-state index is 0.268. The third kappa shape index (κ3) is 3.16. The second-order valence-corrected chi connectivity index (χ2v) is 7.34. The fourth-order valence-electron chi connectivity index (χ4n) is 3.75. The van der Waals surface area contributed by atoms with E-state index in [1.165, 1.54) is 0 Å². The van der Waals surface area contributed by atoms with Gasteiger partial charge in [0.25, 0.3) is 0 Å². The molecule has 2 N–H and O–H groups in total. The molecule has 1 fully saturated rings. The fourth-order valence-corrected chi connectivity index (χ4v) is 3.75. The Kier molecular flexibility index (Phi) is 4.58. The fraction of sp³-hybridized carbons (Fsp3) is 0.556. The summed E-state index contributed by atoms with van der Waals surface area (Å²) in [5.41, 5.74) is 1.65. The summed E-state index contributed by atoms with van der Waals surface area (Å²) < 4.78 is 2.11. The molecular formula is C18H26N8. The van der Waals surface area contributed by atoms with Gasteiger partial charge in [-0.25, -0.2) is 19.9 Å². The van der Waals surface area contributed by atoms with E-state index < -0.39 is 0 Å². The van der Waals surface area contributed by atoms with Gasteiger partial charge >= 0.3 is 0 Å². The van der Waals surface area contributed by atoms with E-state index in [1.54, 1.807) is 12.7 Å². The predicted octanol–water partition coefficient (Wildman–Crippen LogP) is 2.04. The number of piperidine rings is 1. The lowest BCUT2D eigenvalue weighted by Crippen LogP contribution is -2.45. The Balaban J connectivity index is 1.43. The maximum atomic E-state index is 4.56. The summed E-state index contributed by atoms with van der Waals surface area (Å²) in [6.45, 7) is 6.43. The second kappa shape index (κ2) is 7.03. The van der Waals surface area contributed by atoms with Crippen LogP contribution >= 0.6 is 0 Å². The molecule has 3 aromatic heterocycles. The minimum Gasteiger partial charge on any atom is -0.355 e. The molecule has 1 unspecified atom stereocenters. The van der Waals surface area contributed by atoms with E-state index in [4.69, 9.17) is 0 Å². The maximum Gasteiger partial charge on any atom is 0.182 e. The van der Waals surface area contributed by atoms with E-state index in [9.17, 15) is 0 Å². The van der Waals surface area contributed by atoms with E-state index in [-0.39, 0.29) is 6.04 Å². The number of aromatic amines is 1. The standard InChI is InChI=1S/C18H26N8/c1-12(2)14(17-19-6-9-25(17)3)24-13-4-7-26(8-5-13)18-15-16(21-10-20-15)22-11-23-18/h6,9-14,24H,4-5,7-8H2,1-3H3,(H,20,21,22,23). The van der Waals surface area contributed by atoms with Crippen LogP contribution in [0.25, 0.3) is 11.2 Å². The number of aromatic nitrogens is 6. The molecule has 4 heterocycles. The molecule has 0 aliphatic carbocycles. The highest BCUT2D eigenvalue weighted by molar-refractivity contribution is 5.82. The van der Waals surface area contributed by atoms with Crippen molar-refractivity contribution in [2.24, 2.45) is 13.0 Å². The van der Waals surface area contributed by atoms with Gasteiger partial charge < -0.3 is 19.8 Å². The van der Waals surface area contributed by atoms with Gasteiger partial charge in [0.2, 0.25) is 0 Å². The van der Waals surface area contributed by atoms with E-state index in [0.29, 0.717) is 12.0 Å². The maximum absolute atomic E-state index is 4.56. The first-order chi connectivity index (χ1) is 12.6. The number of H-pyrrole nitrogens is 1. The van der Waals surface area contributed by atoms with Crippen molar-refractivity contribution < 1.29 is 0 Å². The van der Waals surface area contributed by atoms with Crippen molar-refractivity contribution in [1.82, 2.24) is 34.8 Å². The van der Waals surface area contributed by atoms with E-state index >= 15 is 0 Å². The summed E-state index contributed by atoms with van der Waals surface area (Å²) >= 11 is 0. The van der Waals surface area contributed by atoms with Crippen LogP contribution in [0.5, 0.6) is 0 Å². The van der Waals surface area contributed by atoms with E-state index in [2.05, 4.69) is 60.6 Å². The summed E-state index contributed by atoms with van der Waals surface area (Å²) in [6.07, 6.45) is 9.32. The van der Waals surface area contributed by atoms with Crippen molar-refractivity contribution in [3.63, 3.8) is 0 Å². The van der Waals surface area contributed by atoms with Gasteiger partial charge in [-0.3, -0.25) is 0 Å². The number of aryl methyl sites for hydroxylation is 1. The normalized spacial score (nSPS) is 17.3. The zero-order valence-electron chi connectivity index (χ0n) is 15.6. The second-order valence-electron chi connectivity index (χ2n) is 7.34. The number of rotatable bonds is 5. The molecule has 138 valence electrons. The monoisotopic (exact) mass is 354 g/mol. The first-order valence-electron chi connectivity index (χ1n) is 9.25. The van der Waals surface area contributed by atoms with Crippen LogP contribution in [0, 0.1) is 5.92 Å². The summed E-state index contributed by atoms with van der Waals surface area (Å²) in [6, 6.07) is 0.749. The minimum absolute atomic E-state index is 0.268. The van der Waals surface area contributed by atoms with Crippen molar-refractivity contribution in [3.8, 4) is 0 Å². The molecule has 0 bridgehead atoms. The molecule has 0 spiro atoms. The molecule has 4 rings (SSSR count). The van der Waals surface area contributed by atoms with Gasteiger partial charge in [-0.15, -0.1) is 0 Å². The molecule has 1 saturated heterocycles. The quantitative estimate of drug-likeness (QED) is 0.729. The predicted molar refractivity (Wildman–Crippen MR) is 101 cm³/mol. The average Bonchev–Trinajstić information content (AvgIpc) is 3.28. The summed E-state index contributed by atoms with van der Waals surface area (Å²) in [5.74, 6) is 2.55. The summed E-state index contributed by atoms with van der Waals surface area (Å²) in [7, 11) is 2.06. The number of fused-ring (bicyclic) bond motifs is 1. The average molecular weight is 354 g/mol. The Hall–Kier alpha value is -2.48. The molecule has 0 amide bonds. The van der Waals surface area contributed by atoms with Gasteiger partial charge in [-0.05, 0) is 18.8 Å². The number of imidazole rings is 2. The van der Waals surface area contributed by atoms with E-state index in [1.807, 2.05) is 12.4 Å². The van der Waals surface area contributed by atoms with Crippen molar-refractivity contribution in [1.29, 1.82) is 0 Å². The molecule has 1 aliphatic rings. The van der Waals surface area contributed by atoms with Crippen molar-refractivity contribution in [2.75, 3.05) is 18.0 Å². The third-order valence-corrected chi connectivity index (χ3v) is 5.22. The first-order valence-corrected chi connectivity index (χ1v) is 9.25. The van der Waals surface area contributed by atoms with Crippen molar-refractivity contribution >= 4 is 17.0 Å². The molecule has 0 saturated carbocycles. The third-order valence-electron chi connectivity index (χ3n) is 5.22. The highest BCUT2D eigenvalue weighted by atomic mass is 15.2. The Bertz CT molecular complexity index is 859. The van der Waals surface area contributed by atoms with Crippen molar-refractivity contribution in [2.45, 2.75) is 38.8 Å². The van der Waals surface area contributed by atoms with Gasteiger partial charge in [-0.2, -0.15) is 0 Å². The first kappa shape index (κ1) is 17.0. The lowest BCUT2D eigenvalue weighted by molar-refractivity contribution is 0.307. The number of nitrogens with one attached hydrogen (secondary N) is 2. The van der Waals surface area contributed by atoms with Crippen LogP contribution in [0.15, 0.2) is 25.0 Å². The zero-order chi connectivity index (χ0) is 18.1. The van der Waals surface area contributed by atoms with E-state index in [0.717, 1.165) is 48.7 Å². The van der Waals surface area contributed by atoms with Gasteiger partial charge in [-0.1, -0.05) is 13.8 Å². The van der Waals surface area contributed by atoms with Crippen LogP contribution in [0.2, 0.25) is 0 Å². The van der Waals surface area contributed by atoms with Crippen molar-refractivity contribution in [3.05, 3.63) is 30.9 Å². The van der Waals surface area contributed by atoms with Crippen LogP contribution in [0.4, 0.5) is 5.82 Å². The van der Waals surface area contributed by atoms with Crippen LogP contribution in [-0.2, 0) is 7.05 Å². The molecule has 0 aromatic carbocycles. The molecule has 1 aliphatic heterocycles. The summed E-state index contributed by atoms with van der Waals surface area (Å²) in [5, 5.41) is 3.84. The Morgan fingerprint density at radius 3 is 2.65 bits per heavy atom. The smallest absolute Gasteiger partial charge is 0.182 e. The van der Waals surface area contributed by atoms with Crippen LogP contribution in [0.3, 0.4) is 0 Å². The topological polar surface area (TPSA) is 87.5 Å². The highest BCUT2D eigenvalue weighted by Gasteiger charge is 2.27. The molecule has 8 nitrogen and oxygen atoms in total. The zero-order valence-corrected chi connectivity index (χ0v) is 15.6. The van der Waals surface area contributed by atoms with Crippen LogP contribution in [-0.4, -0.2) is 48.6 Å².